The zero-order valence-corrected chi connectivity index (χ0v) is 16.0. The van der Waals surface area contributed by atoms with Crippen molar-refractivity contribution >= 4 is 16.8 Å². The summed E-state index contributed by atoms with van der Waals surface area (Å²) in [5.41, 5.74) is 6.38. The molecule has 0 saturated carbocycles. The van der Waals surface area contributed by atoms with Crippen LogP contribution < -0.4 is 5.32 Å². The minimum absolute atomic E-state index is 0.00342. The standard InChI is InChI=1S/C23H22N4O/c1-16-4-3-5-20-22(16)23(26-27(20)2)19-8-6-17(7-9-19)14-21(28)25-15-18-10-12-24-13-11-18/h3-13H,14-15H2,1-2H3,(H,25,28). The molecule has 0 atom stereocenters. The van der Waals surface area contributed by atoms with Gasteiger partial charge in [0.1, 0.15) is 5.69 Å². The minimum atomic E-state index is 0.00342. The van der Waals surface area contributed by atoms with Gasteiger partial charge in [0.05, 0.1) is 11.9 Å². The first-order valence-electron chi connectivity index (χ1n) is 9.29. The van der Waals surface area contributed by atoms with Crippen LogP contribution in [-0.4, -0.2) is 20.7 Å². The van der Waals surface area contributed by atoms with E-state index in [9.17, 15) is 4.79 Å². The molecule has 2 aromatic carbocycles. The van der Waals surface area contributed by atoms with Crippen molar-refractivity contribution < 1.29 is 4.79 Å². The number of carbonyl (C=O) groups is 1. The highest BCUT2D eigenvalue weighted by atomic mass is 16.1. The number of pyridine rings is 1. The average Bonchev–Trinajstić information content (AvgIpc) is 3.06. The molecule has 0 saturated heterocycles. The number of benzene rings is 2. The molecular formula is C23H22N4O. The fourth-order valence-electron chi connectivity index (χ4n) is 3.42. The van der Waals surface area contributed by atoms with Crippen molar-refractivity contribution in [3.05, 3.63) is 83.7 Å². The zero-order chi connectivity index (χ0) is 19.5. The van der Waals surface area contributed by atoms with Crippen molar-refractivity contribution in [3.8, 4) is 11.3 Å². The van der Waals surface area contributed by atoms with Crippen LogP contribution in [0.25, 0.3) is 22.2 Å². The predicted molar refractivity (Wildman–Crippen MR) is 111 cm³/mol. The van der Waals surface area contributed by atoms with Crippen molar-refractivity contribution in [3.63, 3.8) is 0 Å². The van der Waals surface area contributed by atoms with Gasteiger partial charge in [0.25, 0.3) is 0 Å². The number of aromatic nitrogens is 3. The molecule has 0 radical (unpaired) electrons. The summed E-state index contributed by atoms with van der Waals surface area (Å²) >= 11 is 0. The second kappa shape index (κ2) is 7.64. The molecule has 0 aliphatic carbocycles. The normalized spacial score (nSPS) is 10.9. The lowest BCUT2D eigenvalue weighted by Crippen LogP contribution is -2.24. The Hall–Kier alpha value is -3.47. The molecule has 1 amide bonds. The summed E-state index contributed by atoms with van der Waals surface area (Å²) in [6, 6.07) is 18.1. The van der Waals surface area contributed by atoms with Gasteiger partial charge < -0.3 is 5.32 Å². The molecular weight excluding hydrogens is 348 g/mol. The van der Waals surface area contributed by atoms with Gasteiger partial charge in [-0.05, 0) is 41.8 Å². The van der Waals surface area contributed by atoms with Gasteiger partial charge >= 0.3 is 0 Å². The van der Waals surface area contributed by atoms with Crippen molar-refractivity contribution in [2.45, 2.75) is 19.9 Å². The maximum absolute atomic E-state index is 12.2. The van der Waals surface area contributed by atoms with E-state index in [1.54, 1.807) is 12.4 Å². The quantitative estimate of drug-likeness (QED) is 0.581. The largest absolute Gasteiger partial charge is 0.352 e. The first-order chi connectivity index (χ1) is 13.6. The second-order valence-corrected chi connectivity index (χ2v) is 6.95. The third-order valence-electron chi connectivity index (χ3n) is 4.92. The molecule has 2 heterocycles. The Morgan fingerprint density at radius 3 is 2.50 bits per heavy atom. The van der Waals surface area contributed by atoms with Crippen molar-refractivity contribution in [2.75, 3.05) is 0 Å². The van der Waals surface area contributed by atoms with Crippen LogP contribution in [-0.2, 0) is 24.8 Å². The van der Waals surface area contributed by atoms with Gasteiger partial charge in [0.2, 0.25) is 5.91 Å². The van der Waals surface area contributed by atoms with E-state index < -0.39 is 0 Å². The van der Waals surface area contributed by atoms with E-state index in [1.807, 2.05) is 48.1 Å². The molecule has 5 heteroatoms. The Kier molecular flexibility index (Phi) is 4.89. The number of rotatable bonds is 5. The van der Waals surface area contributed by atoms with E-state index in [4.69, 9.17) is 5.10 Å². The molecule has 0 spiro atoms. The summed E-state index contributed by atoms with van der Waals surface area (Å²) in [5.74, 6) is 0.00342. The Labute approximate surface area is 164 Å². The van der Waals surface area contributed by atoms with Gasteiger partial charge in [0, 0.05) is 36.9 Å². The number of fused-ring (bicyclic) bond motifs is 1. The van der Waals surface area contributed by atoms with Crippen molar-refractivity contribution in [1.29, 1.82) is 0 Å². The number of carbonyl (C=O) groups excluding carboxylic acids is 1. The Bertz CT molecular complexity index is 1110. The number of nitrogens with one attached hydrogen (secondary N) is 1. The summed E-state index contributed by atoms with van der Waals surface area (Å²) in [7, 11) is 1.97. The smallest absolute Gasteiger partial charge is 0.224 e. The highest BCUT2D eigenvalue weighted by Crippen LogP contribution is 2.30. The van der Waals surface area contributed by atoms with Gasteiger partial charge in [0.15, 0.2) is 0 Å². The molecule has 4 aromatic rings. The number of amides is 1. The van der Waals surface area contributed by atoms with Gasteiger partial charge in [-0.15, -0.1) is 0 Å². The maximum Gasteiger partial charge on any atom is 0.224 e. The van der Waals surface area contributed by atoms with E-state index in [1.165, 1.54) is 10.9 Å². The van der Waals surface area contributed by atoms with Gasteiger partial charge in [-0.25, -0.2) is 0 Å². The lowest BCUT2D eigenvalue weighted by Gasteiger charge is -2.06. The second-order valence-electron chi connectivity index (χ2n) is 6.95. The summed E-state index contributed by atoms with van der Waals surface area (Å²) in [6.45, 7) is 2.62. The molecule has 0 bridgehead atoms. The number of aryl methyl sites for hydroxylation is 2. The maximum atomic E-state index is 12.2. The number of nitrogens with zero attached hydrogens (tertiary/aromatic N) is 3. The molecule has 0 fully saturated rings. The highest BCUT2D eigenvalue weighted by Gasteiger charge is 2.13. The minimum Gasteiger partial charge on any atom is -0.352 e. The highest BCUT2D eigenvalue weighted by molar-refractivity contribution is 5.95. The Morgan fingerprint density at radius 2 is 1.75 bits per heavy atom. The molecule has 2 aromatic heterocycles. The Morgan fingerprint density at radius 1 is 1.00 bits per heavy atom. The van der Waals surface area contributed by atoms with Gasteiger partial charge in [-0.3, -0.25) is 14.5 Å². The van der Waals surface area contributed by atoms with Crippen LogP contribution in [0.15, 0.2) is 67.0 Å². The lowest BCUT2D eigenvalue weighted by molar-refractivity contribution is -0.120. The van der Waals surface area contributed by atoms with Crippen molar-refractivity contribution in [1.82, 2.24) is 20.1 Å². The molecule has 28 heavy (non-hydrogen) atoms. The lowest BCUT2D eigenvalue weighted by atomic mass is 10.0. The molecule has 0 aliphatic rings. The fraction of sp³-hybridized carbons (Fsp3) is 0.174. The summed E-state index contributed by atoms with van der Waals surface area (Å²) in [5, 5.41) is 8.83. The molecule has 5 nitrogen and oxygen atoms in total. The molecule has 0 aliphatic heterocycles. The monoisotopic (exact) mass is 370 g/mol. The van der Waals surface area contributed by atoms with Crippen LogP contribution >= 0.6 is 0 Å². The van der Waals surface area contributed by atoms with Crippen LogP contribution in [0, 0.1) is 6.92 Å². The van der Waals surface area contributed by atoms with E-state index in [-0.39, 0.29) is 5.91 Å². The van der Waals surface area contributed by atoms with Crippen LogP contribution in [0.5, 0.6) is 0 Å². The van der Waals surface area contributed by atoms with E-state index in [0.29, 0.717) is 13.0 Å². The zero-order valence-electron chi connectivity index (χ0n) is 16.0. The van der Waals surface area contributed by atoms with Crippen LogP contribution in [0.3, 0.4) is 0 Å². The summed E-state index contributed by atoms with van der Waals surface area (Å²) in [4.78, 5) is 16.2. The Balaban J connectivity index is 1.48. The molecule has 0 unspecified atom stereocenters. The first kappa shape index (κ1) is 17.9. The topological polar surface area (TPSA) is 59.8 Å². The molecule has 1 N–H and O–H groups in total. The van der Waals surface area contributed by atoms with Gasteiger partial charge in [-0.2, -0.15) is 5.10 Å². The molecule has 4 rings (SSSR count). The van der Waals surface area contributed by atoms with Gasteiger partial charge in [-0.1, -0.05) is 36.4 Å². The van der Waals surface area contributed by atoms with Crippen LogP contribution in [0.4, 0.5) is 0 Å². The fourth-order valence-corrected chi connectivity index (χ4v) is 3.42. The van der Waals surface area contributed by atoms with E-state index in [0.717, 1.165) is 27.9 Å². The van der Waals surface area contributed by atoms with E-state index >= 15 is 0 Å². The molecule has 140 valence electrons. The third-order valence-corrected chi connectivity index (χ3v) is 4.92. The number of hydrogen-bond acceptors (Lipinski definition) is 3. The number of hydrogen-bond donors (Lipinski definition) is 1. The SMILES string of the molecule is Cc1cccc2c1c(-c1ccc(CC(=O)NCc3ccncc3)cc1)nn2C. The van der Waals surface area contributed by atoms with Crippen LogP contribution in [0.1, 0.15) is 16.7 Å². The third kappa shape index (κ3) is 3.64. The summed E-state index contributed by atoms with van der Waals surface area (Å²) < 4.78 is 1.91. The van der Waals surface area contributed by atoms with Crippen LogP contribution in [0.2, 0.25) is 0 Å². The first-order valence-corrected chi connectivity index (χ1v) is 9.29. The predicted octanol–water partition coefficient (Wildman–Crippen LogP) is 3.80. The van der Waals surface area contributed by atoms with E-state index in [2.05, 4.69) is 35.4 Å². The summed E-state index contributed by atoms with van der Waals surface area (Å²) in [6.07, 6.45) is 3.81. The average molecular weight is 370 g/mol. The van der Waals surface area contributed by atoms with Crippen molar-refractivity contribution in [2.24, 2.45) is 7.05 Å².